The van der Waals surface area contributed by atoms with Crippen molar-refractivity contribution in [2.75, 3.05) is 5.32 Å². The number of benzene rings is 1. The van der Waals surface area contributed by atoms with Gasteiger partial charge in [-0.1, -0.05) is 23.3 Å². The van der Waals surface area contributed by atoms with Gasteiger partial charge in [0, 0.05) is 5.69 Å². The molecule has 1 saturated carbocycles. The van der Waals surface area contributed by atoms with E-state index in [1.807, 2.05) is 30.3 Å². The van der Waals surface area contributed by atoms with E-state index in [-0.39, 0.29) is 12.0 Å². The molecule has 1 aromatic carbocycles. The summed E-state index contributed by atoms with van der Waals surface area (Å²) in [6.45, 7) is 0. The molecule has 5 nitrogen and oxygen atoms in total. The van der Waals surface area contributed by atoms with E-state index in [2.05, 4.69) is 15.5 Å². The van der Waals surface area contributed by atoms with Crippen LogP contribution in [-0.4, -0.2) is 21.4 Å². The van der Waals surface area contributed by atoms with Gasteiger partial charge < -0.3 is 14.8 Å². The number of aliphatic hydroxyl groups excluding tert-OH is 1. The Balaban J connectivity index is 1.74. The fourth-order valence-electron chi connectivity index (χ4n) is 2.31. The summed E-state index contributed by atoms with van der Waals surface area (Å²) in [6.07, 6.45) is 2.38. The molecular weight excluding hydrogens is 230 g/mol. The lowest BCUT2D eigenvalue weighted by Gasteiger charge is -2.08. The number of para-hydroxylation sites is 1. The van der Waals surface area contributed by atoms with E-state index >= 15 is 0 Å². The topological polar surface area (TPSA) is 71.2 Å². The Hall–Kier alpha value is -1.88. The van der Waals surface area contributed by atoms with Gasteiger partial charge in [-0.15, -0.1) is 5.10 Å². The number of nitrogens with zero attached hydrogens (tertiary/aromatic N) is 2. The van der Waals surface area contributed by atoms with Crippen molar-refractivity contribution in [3.05, 3.63) is 36.2 Å². The molecule has 94 valence electrons. The third-order valence-corrected chi connectivity index (χ3v) is 3.26. The molecule has 0 amide bonds. The van der Waals surface area contributed by atoms with Crippen molar-refractivity contribution in [3.63, 3.8) is 0 Å². The molecule has 0 unspecified atom stereocenters. The number of anilines is 2. The third kappa shape index (κ3) is 2.22. The lowest BCUT2D eigenvalue weighted by Crippen LogP contribution is -2.11. The Morgan fingerprint density at radius 2 is 2.00 bits per heavy atom. The molecule has 2 atom stereocenters. The second-order valence-corrected chi connectivity index (χ2v) is 4.54. The lowest BCUT2D eigenvalue weighted by molar-refractivity contribution is 0.152. The van der Waals surface area contributed by atoms with Crippen LogP contribution in [0.5, 0.6) is 0 Å². The van der Waals surface area contributed by atoms with Crippen molar-refractivity contribution < 1.29 is 9.52 Å². The van der Waals surface area contributed by atoms with Crippen LogP contribution in [0.25, 0.3) is 0 Å². The molecule has 1 heterocycles. The fraction of sp³-hybridized carbons (Fsp3) is 0.385. The van der Waals surface area contributed by atoms with Crippen LogP contribution in [0.4, 0.5) is 11.7 Å². The predicted molar refractivity (Wildman–Crippen MR) is 66.6 cm³/mol. The number of rotatable bonds is 3. The van der Waals surface area contributed by atoms with Crippen LogP contribution in [0.1, 0.15) is 31.1 Å². The maximum atomic E-state index is 9.79. The number of aliphatic hydroxyl groups is 1. The molecule has 2 aromatic rings. The molecule has 0 spiro atoms. The van der Waals surface area contributed by atoms with Crippen molar-refractivity contribution in [2.45, 2.75) is 31.3 Å². The van der Waals surface area contributed by atoms with Crippen LogP contribution in [0, 0.1) is 0 Å². The minimum Gasteiger partial charge on any atom is -0.407 e. The largest absolute Gasteiger partial charge is 0.407 e. The molecule has 0 saturated heterocycles. The Kier molecular flexibility index (Phi) is 2.98. The molecule has 1 aliphatic carbocycles. The summed E-state index contributed by atoms with van der Waals surface area (Å²) in [5, 5.41) is 20.8. The minimum absolute atomic E-state index is 0.0103. The summed E-state index contributed by atoms with van der Waals surface area (Å²) in [5.41, 5.74) is 0.902. The SMILES string of the molecule is O[C@H]1CCC[C@@H]1c1nnc(Nc2ccccc2)o1. The molecule has 0 bridgehead atoms. The van der Waals surface area contributed by atoms with Gasteiger partial charge in [0.1, 0.15) is 0 Å². The molecule has 3 rings (SSSR count). The highest BCUT2D eigenvalue weighted by atomic mass is 16.4. The van der Waals surface area contributed by atoms with Gasteiger partial charge in [-0.2, -0.15) is 0 Å². The Morgan fingerprint density at radius 1 is 1.17 bits per heavy atom. The molecule has 0 aliphatic heterocycles. The van der Waals surface area contributed by atoms with E-state index in [0.717, 1.165) is 24.9 Å². The first-order valence-electron chi connectivity index (χ1n) is 6.16. The number of aromatic nitrogens is 2. The zero-order chi connectivity index (χ0) is 12.4. The van der Waals surface area contributed by atoms with E-state index in [0.29, 0.717) is 11.9 Å². The average molecular weight is 245 g/mol. The zero-order valence-corrected chi connectivity index (χ0v) is 9.91. The fourth-order valence-corrected chi connectivity index (χ4v) is 2.31. The zero-order valence-electron chi connectivity index (χ0n) is 9.91. The summed E-state index contributed by atoms with van der Waals surface area (Å²) in [4.78, 5) is 0. The van der Waals surface area contributed by atoms with Gasteiger partial charge in [-0.25, -0.2) is 0 Å². The molecule has 5 heteroatoms. The van der Waals surface area contributed by atoms with Crippen LogP contribution in [-0.2, 0) is 0 Å². The van der Waals surface area contributed by atoms with Crippen molar-refractivity contribution in [2.24, 2.45) is 0 Å². The normalized spacial score (nSPS) is 23.2. The summed E-state index contributed by atoms with van der Waals surface area (Å²) in [6, 6.07) is 10.0. The highest BCUT2D eigenvalue weighted by molar-refractivity contribution is 5.50. The Labute approximate surface area is 105 Å². The number of hydrogen-bond acceptors (Lipinski definition) is 5. The van der Waals surface area contributed by atoms with Gasteiger partial charge in [0.25, 0.3) is 0 Å². The summed E-state index contributed by atoms with van der Waals surface area (Å²) in [7, 11) is 0. The van der Waals surface area contributed by atoms with Crippen LogP contribution in [0.2, 0.25) is 0 Å². The van der Waals surface area contributed by atoms with Crippen LogP contribution >= 0.6 is 0 Å². The monoisotopic (exact) mass is 245 g/mol. The van der Waals surface area contributed by atoms with E-state index in [9.17, 15) is 5.11 Å². The Bertz CT molecular complexity index is 512. The van der Waals surface area contributed by atoms with E-state index in [1.54, 1.807) is 0 Å². The van der Waals surface area contributed by atoms with Crippen molar-refractivity contribution in [3.8, 4) is 0 Å². The van der Waals surface area contributed by atoms with Gasteiger partial charge in [0.15, 0.2) is 0 Å². The molecule has 1 aliphatic rings. The van der Waals surface area contributed by atoms with Crippen LogP contribution < -0.4 is 5.32 Å². The quantitative estimate of drug-likeness (QED) is 0.869. The standard InChI is InChI=1S/C13H15N3O2/c17-11-8-4-7-10(11)12-15-16-13(18-12)14-9-5-2-1-3-6-9/h1-3,5-6,10-11,17H,4,7-8H2,(H,14,16)/t10-,11-/m0/s1. The highest BCUT2D eigenvalue weighted by Crippen LogP contribution is 2.34. The first kappa shape index (κ1) is 11.2. The maximum absolute atomic E-state index is 9.79. The second kappa shape index (κ2) is 4.78. The minimum atomic E-state index is -0.352. The molecule has 2 N–H and O–H groups in total. The molecule has 1 aromatic heterocycles. The molecular formula is C13H15N3O2. The van der Waals surface area contributed by atoms with E-state index in [1.165, 1.54) is 0 Å². The summed E-state index contributed by atoms with van der Waals surface area (Å²) in [5.74, 6) is 0.516. The van der Waals surface area contributed by atoms with Gasteiger partial charge in [-0.05, 0) is 31.4 Å². The number of hydrogen-bond donors (Lipinski definition) is 2. The lowest BCUT2D eigenvalue weighted by atomic mass is 10.1. The average Bonchev–Trinajstić information content (AvgIpc) is 2.99. The molecule has 0 radical (unpaired) electrons. The van der Waals surface area contributed by atoms with Crippen molar-refractivity contribution in [1.29, 1.82) is 0 Å². The molecule has 1 fully saturated rings. The van der Waals surface area contributed by atoms with Gasteiger partial charge >= 0.3 is 6.01 Å². The van der Waals surface area contributed by atoms with Gasteiger partial charge in [0.2, 0.25) is 5.89 Å². The summed E-state index contributed by atoms with van der Waals surface area (Å²) < 4.78 is 5.55. The van der Waals surface area contributed by atoms with Gasteiger partial charge in [-0.3, -0.25) is 0 Å². The maximum Gasteiger partial charge on any atom is 0.320 e. The van der Waals surface area contributed by atoms with E-state index < -0.39 is 0 Å². The van der Waals surface area contributed by atoms with Gasteiger partial charge in [0.05, 0.1) is 12.0 Å². The molecule has 18 heavy (non-hydrogen) atoms. The van der Waals surface area contributed by atoms with Crippen LogP contribution in [0.3, 0.4) is 0 Å². The number of nitrogens with one attached hydrogen (secondary N) is 1. The predicted octanol–water partition coefficient (Wildman–Crippen LogP) is 2.44. The van der Waals surface area contributed by atoms with E-state index in [4.69, 9.17) is 4.42 Å². The highest BCUT2D eigenvalue weighted by Gasteiger charge is 2.31. The first-order chi connectivity index (χ1) is 8.83. The van der Waals surface area contributed by atoms with Crippen molar-refractivity contribution >= 4 is 11.7 Å². The first-order valence-corrected chi connectivity index (χ1v) is 6.16. The Morgan fingerprint density at radius 3 is 2.72 bits per heavy atom. The second-order valence-electron chi connectivity index (χ2n) is 4.54. The van der Waals surface area contributed by atoms with Crippen molar-refractivity contribution in [1.82, 2.24) is 10.2 Å². The summed E-state index contributed by atoms with van der Waals surface area (Å²) >= 11 is 0. The smallest absolute Gasteiger partial charge is 0.320 e. The van der Waals surface area contributed by atoms with Crippen LogP contribution in [0.15, 0.2) is 34.7 Å². The third-order valence-electron chi connectivity index (χ3n) is 3.26.